The van der Waals surface area contributed by atoms with Crippen molar-refractivity contribution in [1.82, 2.24) is 5.32 Å². The zero-order valence-corrected chi connectivity index (χ0v) is 43.0. The Bertz CT molecular complexity index is 986. The molecule has 0 saturated carbocycles. The number of rotatable bonds is 50. The van der Waals surface area contributed by atoms with Crippen LogP contribution in [-0.4, -0.2) is 87.5 Å². The van der Waals surface area contributed by atoms with E-state index in [2.05, 4.69) is 19.2 Å². The lowest BCUT2D eigenvalue weighted by Crippen LogP contribution is -2.60. The molecule has 0 bridgehead atoms. The molecule has 2 unspecified atom stereocenters. The van der Waals surface area contributed by atoms with Crippen LogP contribution in [0.3, 0.4) is 0 Å². The molecule has 1 heterocycles. The quantitative estimate of drug-likeness (QED) is 0.0330. The van der Waals surface area contributed by atoms with Crippen molar-refractivity contribution in [2.24, 2.45) is 0 Å². The summed E-state index contributed by atoms with van der Waals surface area (Å²) in [6.45, 7) is 3.88. The van der Waals surface area contributed by atoms with Crippen molar-refractivity contribution < 1.29 is 39.8 Å². The van der Waals surface area contributed by atoms with Gasteiger partial charge in [-0.3, -0.25) is 4.79 Å². The Kier molecular flexibility index (Phi) is 44.9. The fourth-order valence-corrected chi connectivity index (χ4v) is 9.64. The molecule has 0 radical (unpaired) electrons. The third-order valence-electron chi connectivity index (χ3n) is 14.2. The van der Waals surface area contributed by atoms with Crippen LogP contribution in [0.4, 0.5) is 0 Å². The summed E-state index contributed by atoms with van der Waals surface area (Å²) in [5.74, 6) is -0.136. The molecule has 0 spiro atoms. The molecular formula is C56H111NO8. The summed E-state index contributed by atoms with van der Waals surface area (Å²) < 4.78 is 11.3. The van der Waals surface area contributed by atoms with Crippen molar-refractivity contribution in [2.45, 2.75) is 339 Å². The maximum atomic E-state index is 13.1. The average molecular weight is 927 g/mol. The predicted molar refractivity (Wildman–Crippen MR) is 272 cm³/mol. The van der Waals surface area contributed by atoms with Crippen LogP contribution in [0.1, 0.15) is 296 Å². The fraction of sp³-hybridized carbons (Fsp3) is 0.982. The van der Waals surface area contributed by atoms with Gasteiger partial charge in [0.05, 0.1) is 25.4 Å². The van der Waals surface area contributed by atoms with E-state index < -0.39 is 49.5 Å². The number of ether oxygens (including phenoxy) is 2. The van der Waals surface area contributed by atoms with Gasteiger partial charge in [0.25, 0.3) is 0 Å². The monoisotopic (exact) mass is 926 g/mol. The Morgan fingerprint density at radius 3 is 1.09 bits per heavy atom. The van der Waals surface area contributed by atoms with Crippen molar-refractivity contribution in [3.05, 3.63) is 0 Å². The minimum Gasteiger partial charge on any atom is -0.394 e. The molecule has 1 rings (SSSR count). The summed E-state index contributed by atoms with van der Waals surface area (Å²) in [5.41, 5.74) is 0. The Balaban J connectivity index is 2.17. The summed E-state index contributed by atoms with van der Waals surface area (Å²) in [6.07, 6.45) is 48.4. The van der Waals surface area contributed by atoms with Crippen molar-refractivity contribution in [1.29, 1.82) is 0 Å². The largest absolute Gasteiger partial charge is 0.394 e. The zero-order chi connectivity index (χ0) is 47.3. The van der Waals surface area contributed by atoms with Crippen LogP contribution in [-0.2, 0) is 14.3 Å². The van der Waals surface area contributed by atoms with Gasteiger partial charge in [0.1, 0.15) is 24.4 Å². The molecule has 9 nitrogen and oxygen atoms in total. The fourth-order valence-electron chi connectivity index (χ4n) is 9.64. The highest BCUT2D eigenvalue weighted by Gasteiger charge is 2.44. The zero-order valence-electron chi connectivity index (χ0n) is 43.0. The van der Waals surface area contributed by atoms with E-state index >= 15 is 0 Å². The van der Waals surface area contributed by atoms with Gasteiger partial charge in [-0.1, -0.05) is 277 Å². The number of nitrogens with one attached hydrogen (secondary N) is 1. The van der Waals surface area contributed by atoms with Crippen molar-refractivity contribution in [3.8, 4) is 0 Å². The smallest absolute Gasteiger partial charge is 0.220 e. The van der Waals surface area contributed by atoms with E-state index in [0.717, 1.165) is 38.5 Å². The molecule has 7 atom stereocenters. The number of hydrogen-bond acceptors (Lipinski definition) is 8. The minimum atomic E-state index is -1.55. The van der Waals surface area contributed by atoms with E-state index in [1.807, 2.05) is 0 Å². The molecule has 65 heavy (non-hydrogen) atoms. The topological polar surface area (TPSA) is 149 Å². The van der Waals surface area contributed by atoms with Gasteiger partial charge in [-0.2, -0.15) is 0 Å². The molecule has 1 fully saturated rings. The van der Waals surface area contributed by atoms with Gasteiger partial charge in [-0.05, 0) is 12.8 Å². The van der Waals surface area contributed by atoms with Crippen LogP contribution in [0.25, 0.3) is 0 Å². The van der Waals surface area contributed by atoms with Gasteiger partial charge >= 0.3 is 0 Å². The second-order valence-electron chi connectivity index (χ2n) is 20.5. The van der Waals surface area contributed by atoms with Gasteiger partial charge in [-0.25, -0.2) is 0 Å². The van der Waals surface area contributed by atoms with E-state index in [1.165, 1.54) is 231 Å². The highest BCUT2D eigenvalue weighted by molar-refractivity contribution is 5.76. The SMILES string of the molecule is CCCCCCCCCCCCCCCCCCCCCCCCCCCC(=O)N[C@@H](CO[C@@H]1O[C@H](CO)[C@@H](O)C(O)C1O)[C@H](O)CCCCCCCCCCCCCCCCCCC. The molecule has 0 aromatic heterocycles. The first-order valence-corrected chi connectivity index (χ1v) is 28.7. The maximum Gasteiger partial charge on any atom is 0.220 e. The molecule has 1 amide bonds. The van der Waals surface area contributed by atoms with Gasteiger partial charge in [-0.15, -0.1) is 0 Å². The second kappa shape index (κ2) is 46.9. The van der Waals surface area contributed by atoms with E-state index in [0.29, 0.717) is 12.8 Å². The number of amides is 1. The van der Waals surface area contributed by atoms with E-state index in [1.54, 1.807) is 0 Å². The third-order valence-corrected chi connectivity index (χ3v) is 14.2. The number of carbonyl (C=O) groups is 1. The Hall–Kier alpha value is -0.810. The Morgan fingerprint density at radius 2 is 0.769 bits per heavy atom. The highest BCUT2D eigenvalue weighted by Crippen LogP contribution is 2.23. The van der Waals surface area contributed by atoms with Crippen LogP contribution in [0, 0.1) is 0 Å². The molecule has 1 aliphatic heterocycles. The molecule has 6 N–H and O–H groups in total. The Labute approximate surface area is 402 Å². The number of hydrogen-bond donors (Lipinski definition) is 6. The standard InChI is InChI=1S/C56H111NO8/c1-3-5-7-9-11-13-15-17-19-21-22-23-24-25-26-27-28-30-32-34-36-38-40-42-44-46-52(60)57-49(48-64-56-55(63)54(62)53(61)51(47-58)65-56)50(59)45-43-41-39-37-35-33-31-29-20-18-16-14-12-10-8-6-4-2/h49-51,53-56,58-59,61-63H,3-48H2,1-2H3,(H,57,60)/t49-,50+,51+,53+,54?,55?,56+/m0/s1. The molecule has 0 aromatic carbocycles. The van der Waals surface area contributed by atoms with E-state index in [-0.39, 0.29) is 12.5 Å². The van der Waals surface area contributed by atoms with Crippen LogP contribution in [0.15, 0.2) is 0 Å². The normalized spacial score (nSPS) is 19.8. The third kappa shape index (κ3) is 36.8. The summed E-state index contributed by atoms with van der Waals surface area (Å²) >= 11 is 0. The maximum absolute atomic E-state index is 13.1. The number of unbranched alkanes of at least 4 members (excludes halogenated alkanes) is 40. The molecule has 1 aliphatic rings. The minimum absolute atomic E-state index is 0.131. The van der Waals surface area contributed by atoms with Gasteiger partial charge < -0.3 is 40.3 Å². The molecule has 0 aliphatic carbocycles. The van der Waals surface area contributed by atoms with Gasteiger partial charge in [0.2, 0.25) is 5.91 Å². The molecule has 1 saturated heterocycles. The molecule has 9 heteroatoms. The van der Waals surface area contributed by atoms with Crippen molar-refractivity contribution >= 4 is 5.91 Å². The van der Waals surface area contributed by atoms with Crippen molar-refractivity contribution in [2.75, 3.05) is 13.2 Å². The molecule has 388 valence electrons. The lowest BCUT2D eigenvalue weighted by Gasteiger charge is -2.40. The first-order valence-electron chi connectivity index (χ1n) is 28.7. The summed E-state index contributed by atoms with van der Waals surface area (Å²) in [7, 11) is 0. The molecule has 0 aromatic rings. The first-order chi connectivity index (χ1) is 31.8. The number of aliphatic hydroxyl groups excluding tert-OH is 5. The van der Waals surface area contributed by atoms with Crippen LogP contribution >= 0.6 is 0 Å². The summed E-state index contributed by atoms with van der Waals surface area (Å²) in [4.78, 5) is 13.1. The number of aliphatic hydroxyl groups is 5. The molecular weight excluding hydrogens is 815 g/mol. The van der Waals surface area contributed by atoms with Crippen molar-refractivity contribution in [3.63, 3.8) is 0 Å². The highest BCUT2D eigenvalue weighted by atomic mass is 16.7. The van der Waals surface area contributed by atoms with E-state index in [9.17, 15) is 30.3 Å². The average Bonchev–Trinajstić information content (AvgIpc) is 3.31. The summed E-state index contributed by atoms with van der Waals surface area (Å²) in [6, 6.07) is -0.713. The second-order valence-corrected chi connectivity index (χ2v) is 20.5. The van der Waals surface area contributed by atoms with E-state index in [4.69, 9.17) is 9.47 Å². The predicted octanol–water partition coefficient (Wildman–Crippen LogP) is 13.9. The van der Waals surface area contributed by atoms with Gasteiger partial charge in [0, 0.05) is 6.42 Å². The Morgan fingerprint density at radius 1 is 0.462 bits per heavy atom. The summed E-state index contributed by atoms with van der Waals surface area (Å²) in [5, 5.41) is 54.6. The van der Waals surface area contributed by atoms with Crippen LogP contribution < -0.4 is 5.32 Å². The number of carbonyl (C=O) groups excluding carboxylic acids is 1. The van der Waals surface area contributed by atoms with Gasteiger partial charge in [0.15, 0.2) is 6.29 Å². The van der Waals surface area contributed by atoms with Crippen LogP contribution in [0.2, 0.25) is 0 Å². The first kappa shape index (κ1) is 62.2. The van der Waals surface area contributed by atoms with Crippen LogP contribution in [0.5, 0.6) is 0 Å². The lowest BCUT2D eigenvalue weighted by atomic mass is 9.99. The lowest BCUT2D eigenvalue weighted by molar-refractivity contribution is -0.302.